The first-order chi connectivity index (χ1) is 10.3. The summed E-state index contributed by atoms with van der Waals surface area (Å²) in [6.07, 6.45) is 6.45. The maximum Gasteiger partial charge on any atom is 0.0606 e. The fraction of sp³-hybridized carbons (Fsp3) is 0.647. The Morgan fingerprint density at radius 1 is 1.29 bits per heavy atom. The van der Waals surface area contributed by atoms with Gasteiger partial charge in [-0.2, -0.15) is 0 Å². The van der Waals surface area contributed by atoms with Crippen LogP contribution in [0.5, 0.6) is 0 Å². The van der Waals surface area contributed by atoms with Crippen molar-refractivity contribution in [3.63, 3.8) is 0 Å². The summed E-state index contributed by atoms with van der Waals surface area (Å²) in [5.74, 6) is 0. The van der Waals surface area contributed by atoms with E-state index in [1.165, 1.54) is 43.4 Å². The molecule has 0 aromatic heterocycles. The molecular weight excluding hydrogens is 328 g/mol. The molecule has 0 spiro atoms. The van der Waals surface area contributed by atoms with Crippen LogP contribution < -0.4 is 10.2 Å². The van der Waals surface area contributed by atoms with Crippen molar-refractivity contribution in [2.75, 3.05) is 24.6 Å². The third-order valence-corrected chi connectivity index (χ3v) is 4.89. The Bertz CT molecular complexity index is 433. The van der Waals surface area contributed by atoms with Crippen LogP contribution in [0.1, 0.15) is 44.6 Å². The Kier molecular flexibility index (Phi) is 7.00. The van der Waals surface area contributed by atoms with Gasteiger partial charge in [0.05, 0.1) is 12.3 Å². The predicted molar refractivity (Wildman–Crippen MR) is 92.8 cm³/mol. The molecule has 0 saturated heterocycles. The second-order valence-corrected chi connectivity index (χ2v) is 6.63. The van der Waals surface area contributed by atoms with E-state index in [2.05, 4.69) is 51.3 Å². The number of nitrogens with zero attached hydrogens (tertiary/aromatic N) is 1. The summed E-state index contributed by atoms with van der Waals surface area (Å²) in [5.41, 5.74) is 2.51. The number of rotatable bonds is 7. The molecule has 1 aromatic carbocycles. The van der Waals surface area contributed by atoms with E-state index in [9.17, 15) is 5.11 Å². The number of hydrogen-bond donors (Lipinski definition) is 2. The Morgan fingerprint density at radius 3 is 2.67 bits per heavy atom. The first-order valence-electron chi connectivity index (χ1n) is 8.13. The van der Waals surface area contributed by atoms with Crippen molar-refractivity contribution >= 4 is 21.6 Å². The van der Waals surface area contributed by atoms with Crippen molar-refractivity contribution in [2.24, 2.45) is 0 Å². The van der Waals surface area contributed by atoms with E-state index >= 15 is 0 Å². The van der Waals surface area contributed by atoms with Crippen molar-refractivity contribution in [1.29, 1.82) is 0 Å². The van der Waals surface area contributed by atoms with Crippen LogP contribution in [0.15, 0.2) is 22.7 Å². The highest BCUT2D eigenvalue weighted by Gasteiger charge is 2.22. The lowest BCUT2D eigenvalue weighted by Crippen LogP contribution is -2.39. The first kappa shape index (κ1) is 16.8. The molecule has 0 aliphatic heterocycles. The summed E-state index contributed by atoms with van der Waals surface area (Å²) in [6.45, 7) is 4.93. The number of aliphatic hydroxyl groups is 1. The average Bonchev–Trinajstić information content (AvgIpc) is 2.52. The predicted octanol–water partition coefficient (Wildman–Crippen LogP) is 3.69. The van der Waals surface area contributed by atoms with Gasteiger partial charge in [0.25, 0.3) is 0 Å². The van der Waals surface area contributed by atoms with Gasteiger partial charge in [-0.1, -0.05) is 32.3 Å². The monoisotopic (exact) mass is 354 g/mol. The van der Waals surface area contributed by atoms with Crippen molar-refractivity contribution in [2.45, 2.75) is 51.6 Å². The molecule has 4 heteroatoms. The van der Waals surface area contributed by atoms with E-state index in [0.29, 0.717) is 6.04 Å². The van der Waals surface area contributed by atoms with Gasteiger partial charge < -0.3 is 15.3 Å². The van der Waals surface area contributed by atoms with E-state index in [0.717, 1.165) is 24.1 Å². The van der Waals surface area contributed by atoms with Crippen molar-refractivity contribution in [1.82, 2.24) is 5.32 Å². The Hall–Kier alpha value is -0.580. The van der Waals surface area contributed by atoms with Crippen molar-refractivity contribution < 1.29 is 5.11 Å². The Labute approximate surface area is 136 Å². The van der Waals surface area contributed by atoms with Crippen LogP contribution in [0.3, 0.4) is 0 Å². The zero-order chi connectivity index (χ0) is 15.1. The van der Waals surface area contributed by atoms with Crippen LogP contribution in [0.25, 0.3) is 0 Å². The van der Waals surface area contributed by atoms with Crippen LogP contribution >= 0.6 is 15.9 Å². The van der Waals surface area contributed by atoms with Gasteiger partial charge in [-0.25, -0.2) is 0 Å². The van der Waals surface area contributed by atoms with E-state index in [1.807, 2.05) is 0 Å². The highest BCUT2D eigenvalue weighted by Crippen LogP contribution is 2.33. The minimum atomic E-state index is 0.210. The van der Waals surface area contributed by atoms with Gasteiger partial charge in [-0.3, -0.25) is 0 Å². The van der Waals surface area contributed by atoms with Crippen LogP contribution in [0.2, 0.25) is 0 Å². The first-order valence-corrected chi connectivity index (χ1v) is 8.92. The largest absolute Gasteiger partial charge is 0.395 e. The van der Waals surface area contributed by atoms with Crippen molar-refractivity contribution in [3.8, 4) is 0 Å². The number of hydrogen-bond acceptors (Lipinski definition) is 3. The van der Waals surface area contributed by atoms with Gasteiger partial charge in [0.2, 0.25) is 0 Å². The molecular formula is C17H27BrN2O. The lowest BCUT2D eigenvalue weighted by molar-refractivity contribution is 0.290. The van der Waals surface area contributed by atoms with Gasteiger partial charge >= 0.3 is 0 Å². The summed E-state index contributed by atoms with van der Waals surface area (Å²) < 4.78 is 1.14. The second-order valence-electron chi connectivity index (χ2n) is 5.77. The molecule has 0 bridgehead atoms. The standard InChI is InChI=1S/C17H27BrN2O/c1-2-19-13-14-8-9-17(16(18)12-14)20(10-11-21)15-6-4-3-5-7-15/h8-9,12,15,19,21H,2-7,10-11,13H2,1H3. The maximum absolute atomic E-state index is 9.42. The molecule has 1 fully saturated rings. The average molecular weight is 355 g/mol. The van der Waals surface area contributed by atoms with Gasteiger partial charge in [-0.15, -0.1) is 0 Å². The van der Waals surface area contributed by atoms with Gasteiger partial charge in [0.15, 0.2) is 0 Å². The fourth-order valence-corrected chi connectivity index (χ4v) is 3.82. The SMILES string of the molecule is CCNCc1ccc(N(CCO)C2CCCCC2)c(Br)c1. The van der Waals surface area contributed by atoms with E-state index in [-0.39, 0.29) is 6.61 Å². The quantitative estimate of drug-likeness (QED) is 0.783. The van der Waals surface area contributed by atoms with Gasteiger partial charge in [-0.05, 0) is 53.0 Å². The molecule has 0 radical (unpaired) electrons. The normalized spacial score (nSPS) is 16.1. The molecule has 21 heavy (non-hydrogen) atoms. The molecule has 0 atom stereocenters. The number of benzene rings is 1. The lowest BCUT2D eigenvalue weighted by Gasteiger charge is -2.36. The number of anilines is 1. The molecule has 1 saturated carbocycles. The van der Waals surface area contributed by atoms with Crippen LogP contribution in [-0.4, -0.2) is 30.8 Å². The third kappa shape index (κ3) is 4.70. The molecule has 1 aromatic rings. The minimum Gasteiger partial charge on any atom is -0.395 e. The molecule has 1 aliphatic carbocycles. The Balaban J connectivity index is 2.15. The molecule has 0 heterocycles. The second kappa shape index (κ2) is 8.76. The molecule has 118 valence electrons. The fourth-order valence-electron chi connectivity index (χ4n) is 3.16. The summed E-state index contributed by atoms with van der Waals surface area (Å²) >= 11 is 3.73. The molecule has 0 amide bonds. The van der Waals surface area contributed by atoms with E-state index in [4.69, 9.17) is 0 Å². The lowest BCUT2D eigenvalue weighted by atomic mass is 9.93. The van der Waals surface area contributed by atoms with Crippen LogP contribution in [-0.2, 0) is 6.54 Å². The highest BCUT2D eigenvalue weighted by molar-refractivity contribution is 9.10. The maximum atomic E-state index is 9.42. The van der Waals surface area contributed by atoms with Crippen LogP contribution in [0, 0.1) is 0 Å². The van der Waals surface area contributed by atoms with E-state index < -0.39 is 0 Å². The van der Waals surface area contributed by atoms with E-state index in [1.54, 1.807) is 0 Å². The molecule has 2 rings (SSSR count). The number of aliphatic hydroxyl groups excluding tert-OH is 1. The summed E-state index contributed by atoms with van der Waals surface area (Å²) in [7, 11) is 0. The number of nitrogens with one attached hydrogen (secondary N) is 1. The zero-order valence-corrected chi connectivity index (χ0v) is 14.5. The molecule has 2 N–H and O–H groups in total. The molecule has 0 unspecified atom stereocenters. The zero-order valence-electron chi connectivity index (χ0n) is 12.9. The highest BCUT2D eigenvalue weighted by atomic mass is 79.9. The summed E-state index contributed by atoms with van der Waals surface area (Å²) in [5, 5.41) is 12.8. The third-order valence-electron chi connectivity index (χ3n) is 4.26. The smallest absolute Gasteiger partial charge is 0.0606 e. The molecule has 3 nitrogen and oxygen atoms in total. The Morgan fingerprint density at radius 2 is 2.05 bits per heavy atom. The van der Waals surface area contributed by atoms with Crippen LogP contribution in [0.4, 0.5) is 5.69 Å². The summed E-state index contributed by atoms with van der Waals surface area (Å²) in [6, 6.07) is 7.16. The van der Waals surface area contributed by atoms with Gasteiger partial charge in [0, 0.05) is 23.6 Å². The van der Waals surface area contributed by atoms with Crippen molar-refractivity contribution in [3.05, 3.63) is 28.2 Å². The minimum absolute atomic E-state index is 0.210. The van der Waals surface area contributed by atoms with Gasteiger partial charge in [0.1, 0.15) is 0 Å². The topological polar surface area (TPSA) is 35.5 Å². The summed E-state index contributed by atoms with van der Waals surface area (Å²) in [4.78, 5) is 2.39. The molecule has 1 aliphatic rings. The number of halogens is 1.